The maximum atomic E-state index is 13.7. The molecule has 0 saturated heterocycles. The molecule has 1 heterocycles. The van der Waals surface area contributed by atoms with Crippen LogP contribution in [0.3, 0.4) is 0 Å². The van der Waals surface area contributed by atoms with Crippen LogP contribution in [0.2, 0.25) is 0 Å². The maximum absolute atomic E-state index is 13.7. The molecule has 0 spiro atoms. The molecule has 116 valence electrons. The average Bonchev–Trinajstić information content (AvgIpc) is 2.89. The number of aliphatic carboxylic acids is 1. The lowest BCUT2D eigenvalue weighted by Crippen LogP contribution is -1.99. The van der Waals surface area contributed by atoms with Crippen molar-refractivity contribution in [1.82, 2.24) is 4.98 Å². The molecule has 23 heavy (non-hydrogen) atoms. The molecule has 3 rings (SSSR count). The first-order valence-electron chi connectivity index (χ1n) is 6.49. The van der Waals surface area contributed by atoms with E-state index in [1.54, 1.807) is 18.2 Å². The first-order valence-corrected chi connectivity index (χ1v) is 6.49. The first kappa shape index (κ1) is 14.6. The van der Waals surface area contributed by atoms with Crippen molar-refractivity contribution in [3.8, 4) is 11.5 Å². The summed E-state index contributed by atoms with van der Waals surface area (Å²) in [7, 11) is 0. The zero-order valence-electron chi connectivity index (χ0n) is 11.5. The minimum atomic E-state index is -0.985. The summed E-state index contributed by atoms with van der Waals surface area (Å²) in [6.45, 7) is 0. The minimum Gasteiger partial charge on any atom is -0.481 e. The van der Waals surface area contributed by atoms with Crippen molar-refractivity contribution in [2.45, 2.75) is 6.42 Å². The summed E-state index contributed by atoms with van der Waals surface area (Å²) in [5, 5.41) is 19.4. The zero-order chi connectivity index (χ0) is 16.6. The van der Waals surface area contributed by atoms with Gasteiger partial charge in [0.2, 0.25) is 11.7 Å². The minimum absolute atomic E-state index is 0.0984. The number of carbonyl (C=O) groups is 1. The average molecular weight is 316 g/mol. The summed E-state index contributed by atoms with van der Waals surface area (Å²) in [6, 6.07) is 8.09. The fraction of sp³-hybridized carbons (Fsp3) is 0.0667. The van der Waals surface area contributed by atoms with Gasteiger partial charge in [-0.15, -0.1) is 0 Å². The highest BCUT2D eigenvalue weighted by atomic mass is 19.1. The van der Waals surface area contributed by atoms with E-state index in [2.05, 4.69) is 4.98 Å². The van der Waals surface area contributed by atoms with Gasteiger partial charge in [-0.2, -0.15) is 4.39 Å². The lowest BCUT2D eigenvalue weighted by atomic mass is 10.1. The number of hydrogen-bond donors (Lipinski definition) is 1. The van der Waals surface area contributed by atoms with Gasteiger partial charge in [0, 0.05) is 11.6 Å². The third-order valence-electron chi connectivity index (χ3n) is 3.20. The number of nitro groups is 1. The molecular weight excluding hydrogens is 307 g/mol. The molecule has 0 bridgehead atoms. The smallest absolute Gasteiger partial charge is 0.307 e. The predicted molar refractivity (Wildman–Crippen MR) is 77.4 cm³/mol. The summed E-state index contributed by atoms with van der Waals surface area (Å²) in [6.07, 6.45) is -0.149. The second-order valence-corrected chi connectivity index (χ2v) is 4.81. The summed E-state index contributed by atoms with van der Waals surface area (Å²) in [4.78, 5) is 24.7. The number of fused-ring (bicyclic) bond motifs is 1. The number of oxazole rings is 1. The monoisotopic (exact) mass is 316 g/mol. The van der Waals surface area contributed by atoms with Gasteiger partial charge in [0.1, 0.15) is 5.52 Å². The summed E-state index contributed by atoms with van der Waals surface area (Å²) < 4.78 is 19.1. The zero-order valence-corrected chi connectivity index (χ0v) is 11.5. The lowest BCUT2D eigenvalue weighted by molar-refractivity contribution is -0.387. The first-order chi connectivity index (χ1) is 10.9. The van der Waals surface area contributed by atoms with E-state index < -0.39 is 22.4 Å². The summed E-state index contributed by atoms with van der Waals surface area (Å²) in [5.41, 5.74) is 1.02. The number of carboxylic acid groups (broad SMARTS) is 1. The molecule has 8 heteroatoms. The van der Waals surface area contributed by atoms with Crippen LogP contribution in [0, 0.1) is 15.9 Å². The second kappa shape index (κ2) is 5.48. The maximum Gasteiger partial charge on any atom is 0.307 e. The van der Waals surface area contributed by atoms with Gasteiger partial charge in [0.25, 0.3) is 0 Å². The molecule has 2 aromatic carbocycles. The van der Waals surface area contributed by atoms with Crippen LogP contribution in [-0.2, 0) is 11.2 Å². The molecule has 0 aliphatic rings. The molecule has 0 aliphatic carbocycles. The molecule has 1 N–H and O–H groups in total. The van der Waals surface area contributed by atoms with Gasteiger partial charge in [-0.3, -0.25) is 14.9 Å². The van der Waals surface area contributed by atoms with Crippen molar-refractivity contribution in [3.05, 3.63) is 57.9 Å². The number of rotatable bonds is 4. The van der Waals surface area contributed by atoms with Gasteiger partial charge < -0.3 is 9.52 Å². The molecule has 3 aromatic rings. The topological polar surface area (TPSA) is 106 Å². The molecule has 0 radical (unpaired) electrons. The van der Waals surface area contributed by atoms with Crippen molar-refractivity contribution >= 4 is 22.8 Å². The van der Waals surface area contributed by atoms with Crippen LogP contribution in [0.5, 0.6) is 0 Å². The molecule has 0 fully saturated rings. The van der Waals surface area contributed by atoms with E-state index in [0.717, 1.165) is 12.1 Å². The van der Waals surface area contributed by atoms with Gasteiger partial charge in [0.15, 0.2) is 5.58 Å². The Hall–Kier alpha value is -3.29. The predicted octanol–water partition coefficient (Wildman–Crippen LogP) is 3.17. The number of hydrogen-bond acceptors (Lipinski definition) is 5. The fourth-order valence-corrected chi connectivity index (χ4v) is 2.17. The Morgan fingerprint density at radius 2 is 2.09 bits per heavy atom. The SMILES string of the molecule is O=C(O)Cc1ccc2oc(-c3ccc([N+](=O)[O-])c(F)c3)nc2c1. The third-order valence-corrected chi connectivity index (χ3v) is 3.20. The van der Waals surface area contributed by atoms with Gasteiger partial charge in [-0.25, -0.2) is 4.98 Å². The molecule has 0 atom stereocenters. The summed E-state index contributed by atoms with van der Waals surface area (Å²) in [5.74, 6) is -1.85. The van der Waals surface area contributed by atoms with Gasteiger partial charge in [0.05, 0.1) is 11.3 Å². The van der Waals surface area contributed by atoms with Crippen LogP contribution < -0.4 is 0 Å². The number of carboxylic acids is 1. The van der Waals surface area contributed by atoms with Crippen LogP contribution in [0.25, 0.3) is 22.6 Å². The van der Waals surface area contributed by atoms with E-state index >= 15 is 0 Å². The quantitative estimate of drug-likeness (QED) is 0.585. The normalized spacial score (nSPS) is 10.8. The summed E-state index contributed by atoms with van der Waals surface area (Å²) >= 11 is 0. The highest BCUT2D eigenvalue weighted by Crippen LogP contribution is 2.28. The van der Waals surface area contributed by atoms with Crippen molar-refractivity contribution in [3.63, 3.8) is 0 Å². The van der Waals surface area contributed by atoms with E-state index in [1.165, 1.54) is 6.07 Å². The van der Waals surface area contributed by atoms with Crippen LogP contribution >= 0.6 is 0 Å². The molecular formula is C15H9FN2O5. The molecule has 0 saturated carbocycles. The number of nitro benzene ring substituents is 1. The fourth-order valence-electron chi connectivity index (χ4n) is 2.17. The van der Waals surface area contributed by atoms with E-state index in [-0.39, 0.29) is 17.9 Å². The van der Waals surface area contributed by atoms with Crippen LogP contribution in [0.15, 0.2) is 40.8 Å². The molecule has 0 unspecified atom stereocenters. The third kappa shape index (κ3) is 2.86. The number of nitrogens with zero attached hydrogens (tertiary/aromatic N) is 2. The number of aromatic nitrogens is 1. The Bertz CT molecular complexity index is 935. The Kier molecular flexibility index (Phi) is 3.49. The van der Waals surface area contributed by atoms with E-state index in [4.69, 9.17) is 9.52 Å². The highest BCUT2D eigenvalue weighted by Gasteiger charge is 2.17. The van der Waals surface area contributed by atoms with Crippen molar-refractivity contribution < 1.29 is 23.6 Å². The van der Waals surface area contributed by atoms with Crippen molar-refractivity contribution in [2.75, 3.05) is 0 Å². The Morgan fingerprint density at radius 1 is 1.30 bits per heavy atom. The number of benzene rings is 2. The Balaban J connectivity index is 2.01. The van der Waals surface area contributed by atoms with E-state index in [9.17, 15) is 19.3 Å². The molecule has 0 amide bonds. The Labute approximate surface area is 128 Å². The van der Waals surface area contributed by atoms with E-state index in [0.29, 0.717) is 16.7 Å². The van der Waals surface area contributed by atoms with Crippen LogP contribution in [0.4, 0.5) is 10.1 Å². The highest BCUT2D eigenvalue weighted by molar-refractivity contribution is 5.79. The second-order valence-electron chi connectivity index (χ2n) is 4.81. The van der Waals surface area contributed by atoms with Crippen molar-refractivity contribution in [1.29, 1.82) is 0 Å². The molecule has 0 aliphatic heterocycles. The van der Waals surface area contributed by atoms with Gasteiger partial charge in [-0.05, 0) is 29.8 Å². The van der Waals surface area contributed by atoms with Gasteiger partial charge in [-0.1, -0.05) is 6.07 Å². The standard InChI is InChI=1S/C15H9FN2O5/c16-10-7-9(2-3-12(10)18(21)22)15-17-11-5-8(6-14(19)20)1-4-13(11)23-15/h1-5,7H,6H2,(H,19,20). The van der Waals surface area contributed by atoms with Crippen molar-refractivity contribution in [2.24, 2.45) is 0 Å². The largest absolute Gasteiger partial charge is 0.481 e. The lowest BCUT2D eigenvalue weighted by Gasteiger charge is -1.96. The van der Waals surface area contributed by atoms with Crippen LogP contribution in [0.1, 0.15) is 5.56 Å². The molecule has 1 aromatic heterocycles. The van der Waals surface area contributed by atoms with Crippen LogP contribution in [-0.4, -0.2) is 21.0 Å². The number of halogens is 1. The van der Waals surface area contributed by atoms with E-state index in [1.807, 2.05) is 0 Å². The Morgan fingerprint density at radius 3 is 2.74 bits per heavy atom. The molecule has 7 nitrogen and oxygen atoms in total. The van der Waals surface area contributed by atoms with Gasteiger partial charge >= 0.3 is 11.7 Å².